The van der Waals surface area contributed by atoms with E-state index in [0.29, 0.717) is 0 Å². The minimum absolute atomic E-state index is 0.848. The first-order valence-corrected chi connectivity index (χ1v) is 3.57. The number of hydrogen-bond acceptors (Lipinski definition) is 1. The highest BCUT2D eigenvalue weighted by Gasteiger charge is 2.00. The van der Waals surface area contributed by atoms with Gasteiger partial charge in [0.25, 0.3) is 0 Å². The maximum atomic E-state index is 3.85. The van der Waals surface area contributed by atoms with Crippen LogP contribution in [-0.4, -0.2) is 11.7 Å². The number of nitrogens with zero attached hydrogens (tertiary/aromatic N) is 1. The lowest BCUT2D eigenvalue weighted by Gasteiger charge is -1.96. The van der Waals surface area contributed by atoms with Crippen LogP contribution in [0.1, 0.15) is 19.4 Å². The maximum absolute atomic E-state index is 3.85. The molecule has 1 aromatic heterocycles. The van der Waals surface area contributed by atoms with Gasteiger partial charge in [-0.05, 0) is 32.2 Å². The molecule has 0 aliphatic rings. The molecular formula is C9H12N2. The monoisotopic (exact) mass is 148 g/mol. The Morgan fingerprint density at radius 1 is 1.73 bits per heavy atom. The van der Waals surface area contributed by atoms with E-state index >= 15 is 0 Å². The van der Waals surface area contributed by atoms with Crippen molar-refractivity contribution < 1.29 is 0 Å². The van der Waals surface area contributed by atoms with Gasteiger partial charge in [-0.2, -0.15) is 0 Å². The van der Waals surface area contributed by atoms with Crippen molar-refractivity contribution in [3.05, 3.63) is 23.9 Å². The Kier molecular flexibility index (Phi) is 2.26. The average Bonchev–Trinajstić information content (AvgIpc) is 2.50. The number of aliphatic imine (C=N–C) groups is 1. The van der Waals surface area contributed by atoms with E-state index in [-0.39, 0.29) is 0 Å². The summed E-state index contributed by atoms with van der Waals surface area (Å²) >= 11 is 0. The van der Waals surface area contributed by atoms with Crippen molar-refractivity contribution >= 4 is 18.1 Å². The number of hydrogen-bond donors (Lipinski definition) is 1. The van der Waals surface area contributed by atoms with Gasteiger partial charge in [0.15, 0.2) is 0 Å². The second kappa shape index (κ2) is 3.19. The molecule has 0 aliphatic carbocycles. The summed E-state index contributed by atoms with van der Waals surface area (Å²) in [6.45, 7) is 7.53. The second-order valence-corrected chi connectivity index (χ2v) is 2.37. The van der Waals surface area contributed by atoms with Crippen molar-refractivity contribution in [1.82, 2.24) is 4.98 Å². The van der Waals surface area contributed by atoms with E-state index in [1.165, 1.54) is 5.57 Å². The highest BCUT2D eigenvalue weighted by atomic mass is 14.9. The summed E-state index contributed by atoms with van der Waals surface area (Å²) in [7, 11) is 0. The lowest BCUT2D eigenvalue weighted by molar-refractivity contribution is 1.34. The third-order valence-corrected chi connectivity index (χ3v) is 1.74. The number of aromatic nitrogens is 1. The molecule has 1 rings (SSSR count). The summed E-state index contributed by atoms with van der Waals surface area (Å²) in [5, 5.41) is 0. The third kappa shape index (κ3) is 1.40. The third-order valence-electron chi connectivity index (χ3n) is 1.74. The fourth-order valence-electron chi connectivity index (χ4n) is 0.965. The molecule has 0 atom stereocenters. The van der Waals surface area contributed by atoms with Gasteiger partial charge in [-0.1, -0.05) is 6.08 Å². The maximum Gasteiger partial charge on any atom is 0.136 e. The molecule has 0 spiro atoms. The summed E-state index contributed by atoms with van der Waals surface area (Å²) < 4.78 is 0. The molecular weight excluding hydrogens is 136 g/mol. The van der Waals surface area contributed by atoms with E-state index in [1.54, 1.807) is 0 Å². The topological polar surface area (TPSA) is 28.1 Å². The normalized spacial score (nSPS) is 11.6. The van der Waals surface area contributed by atoms with Crippen molar-refractivity contribution in [3.63, 3.8) is 0 Å². The number of rotatable bonds is 2. The molecule has 0 fully saturated rings. The van der Waals surface area contributed by atoms with Crippen LogP contribution < -0.4 is 0 Å². The zero-order chi connectivity index (χ0) is 8.27. The Morgan fingerprint density at radius 2 is 2.45 bits per heavy atom. The van der Waals surface area contributed by atoms with Crippen LogP contribution in [0.15, 0.2) is 23.3 Å². The molecule has 1 heterocycles. The van der Waals surface area contributed by atoms with Gasteiger partial charge in [0, 0.05) is 11.8 Å². The Balaban J connectivity index is 3.12. The smallest absolute Gasteiger partial charge is 0.136 e. The molecule has 11 heavy (non-hydrogen) atoms. The summed E-state index contributed by atoms with van der Waals surface area (Å²) in [6.07, 6.45) is 3.92. The molecule has 0 saturated heterocycles. The molecule has 0 radical (unpaired) electrons. The molecule has 0 saturated carbocycles. The summed E-state index contributed by atoms with van der Waals surface area (Å²) in [6, 6.07) is 2.00. The molecule has 1 N–H and O–H groups in total. The zero-order valence-electron chi connectivity index (χ0n) is 6.89. The molecule has 1 aromatic rings. The van der Waals surface area contributed by atoms with E-state index in [9.17, 15) is 0 Å². The average molecular weight is 148 g/mol. The first kappa shape index (κ1) is 7.79. The quantitative estimate of drug-likeness (QED) is 0.625. The van der Waals surface area contributed by atoms with Crippen LogP contribution in [0, 0.1) is 0 Å². The van der Waals surface area contributed by atoms with Gasteiger partial charge in [0.2, 0.25) is 0 Å². The van der Waals surface area contributed by atoms with Crippen LogP contribution in [0.5, 0.6) is 0 Å². The highest BCUT2D eigenvalue weighted by molar-refractivity contribution is 5.72. The van der Waals surface area contributed by atoms with Gasteiger partial charge in [0.1, 0.15) is 5.82 Å². The van der Waals surface area contributed by atoms with Gasteiger partial charge >= 0.3 is 0 Å². The van der Waals surface area contributed by atoms with Crippen LogP contribution in [-0.2, 0) is 0 Å². The minimum atomic E-state index is 0.848. The largest absolute Gasteiger partial charge is 0.346 e. The Bertz CT molecular complexity index is 282. The molecule has 0 aromatic carbocycles. The zero-order valence-corrected chi connectivity index (χ0v) is 6.89. The number of H-pyrrole nitrogens is 1. The fourth-order valence-corrected chi connectivity index (χ4v) is 0.965. The van der Waals surface area contributed by atoms with Gasteiger partial charge in [-0.25, -0.2) is 4.99 Å². The molecule has 58 valence electrons. The van der Waals surface area contributed by atoms with Crippen molar-refractivity contribution in [2.75, 3.05) is 0 Å². The molecule has 2 heteroatoms. The van der Waals surface area contributed by atoms with Crippen LogP contribution in [0.2, 0.25) is 0 Å². The van der Waals surface area contributed by atoms with Gasteiger partial charge < -0.3 is 4.98 Å². The molecule has 0 aliphatic heterocycles. The van der Waals surface area contributed by atoms with Crippen LogP contribution in [0.3, 0.4) is 0 Å². The van der Waals surface area contributed by atoms with E-state index in [2.05, 4.69) is 29.7 Å². The van der Waals surface area contributed by atoms with Crippen molar-refractivity contribution in [2.45, 2.75) is 13.8 Å². The van der Waals surface area contributed by atoms with E-state index in [4.69, 9.17) is 0 Å². The van der Waals surface area contributed by atoms with E-state index in [1.807, 2.05) is 19.2 Å². The number of nitrogens with one attached hydrogen (secondary N) is 1. The standard InChI is InChI=1S/C9H12N2/c1-4-7(2)8-5-6-11-9(8)10-3/h4-6,11H,3H2,1-2H3. The summed E-state index contributed by atoms with van der Waals surface area (Å²) in [5.74, 6) is 0.848. The fraction of sp³-hybridized carbons (Fsp3) is 0.222. The molecule has 0 amide bonds. The first-order valence-electron chi connectivity index (χ1n) is 3.57. The predicted octanol–water partition coefficient (Wildman–Crippen LogP) is 2.77. The van der Waals surface area contributed by atoms with Crippen molar-refractivity contribution in [2.24, 2.45) is 4.99 Å². The predicted molar refractivity (Wildman–Crippen MR) is 49.3 cm³/mol. The van der Waals surface area contributed by atoms with Gasteiger partial charge in [0.05, 0.1) is 0 Å². The highest BCUT2D eigenvalue weighted by Crippen LogP contribution is 2.23. The van der Waals surface area contributed by atoms with Crippen LogP contribution >= 0.6 is 0 Å². The SMILES string of the molecule is C=Nc1[nH]ccc1C(C)=CC. The van der Waals surface area contributed by atoms with E-state index in [0.717, 1.165) is 11.4 Å². The second-order valence-electron chi connectivity index (χ2n) is 2.37. The number of aromatic amines is 1. The Morgan fingerprint density at radius 3 is 3.00 bits per heavy atom. The minimum Gasteiger partial charge on any atom is -0.346 e. The summed E-state index contributed by atoms with van der Waals surface area (Å²) in [4.78, 5) is 6.85. The first-order chi connectivity index (χ1) is 5.29. The number of allylic oxidation sites excluding steroid dienone is 2. The molecule has 0 unspecified atom stereocenters. The van der Waals surface area contributed by atoms with Crippen molar-refractivity contribution in [3.8, 4) is 0 Å². The molecule has 2 nitrogen and oxygen atoms in total. The summed E-state index contributed by atoms with van der Waals surface area (Å²) in [5.41, 5.74) is 2.34. The lowest BCUT2D eigenvalue weighted by atomic mass is 10.1. The van der Waals surface area contributed by atoms with Crippen LogP contribution in [0.4, 0.5) is 5.82 Å². The molecule has 0 bridgehead atoms. The Hall–Kier alpha value is -1.31. The lowest BCUT2D eigenvalue weighted by Crippen LogP contribution is -1.73. The Labute approximate surface area is 66.7 Å². The van der Waals surface area contributed by atoms with Gasteiger partial charge in [-0.3, -0.25) is 0 Å². The van der Waals surface area contributed by atoms with Crippen LogP contribution in [0.25, 0.3) is 5.57 Å². The van der Waals surface area contributed by atoms with E-state index < -0.39 is 0 Å². The van der Waals surface area contributed by atoms with Gasteiger partial charge in [-0.15, -0.1) is 0 Å². The van der Waals surface area contributed by atoms with Crippen molar-refractivity contribution in [1.29, 1.82) is 0 Å².